The minimum absolute atomic E-state index is 0.699. The standard InChI is InChI=1S/C15H26N6/c1-3-16-13-17-14(20(2)11-12-7-6-8-12)19-15(18-13)21-9-4-5-10-21/h12H,3-11H2,1-2H3,(H,16,17,18,19). The first-order valence-electron chi connectivity index (χ1n) is 8.22. The molecule has 1 aliphatic heterocycles. The van der Waals surface area contributed by atoms with Crippen LogP contribution >= 0.6 is 0 Å². The minimum atomic E-state index is 0.699. The van der Waals surface area contributed by atoms with Crippen molar-refractivity contribution >= 4 is 17.8 Å². The Balaban J connectivity index is 1.79. The second-order valence-electron chi connectivity index (χ2n) is 6.16. The second kappa shape index (κ2) is 6.45. The average Bonchev–Trinajstić information content (AvgIpc) is 2.97. The van der Waals surface area contributed by atoms with Gasteiger partial charge in [0.1, 0.15) is 0 Å². The molecule has 2 heterocycles. The molecule has 1 N–H and O–H groups in total. The fourth-order valence-electron chi connectivity index (χ4n) is 2.96. The highest BCUT2D eigenvalue weighted by Gasteiger charge is 2.22. The number of rotatable bonds is 6. The number of aromatic nitrogens is 3. The molecule has 2 fully saturated rings. The molecular formula is C15H26N6. The summed E-state index contributed by atoms with van der Waals surface area (Å²) in [4.78, 5) is 18.3. The van der Waals surface area contributed by atoms with E-state index >= 15 is 0 Å². The van der Waals surface area contributed by atoms with Gasteiger partial charge in [-0.2, -0.15) is 15.0 Å². The van der Waals surface area contributed by atoms with Gasteiger partial charge < -0.3 is 15.1 Å². The summed E-state index contributed by atoms with van der Waals surface area (Å²) in [5.41, 5.74) is 0. The molecule has 1 saturated carbocycles. The summed E-state index contributed by atoms with van der Waals surface area (Å²) >= 11 is 0. The summed E-state index contributed by atoms with van der Waals surface area (Å²) in [6, 6.07) is 0. The number of hydrogen-bond acceptors (Lipinski definition) is 6. The van der Waals surface area contributed by atoms with Crippen molar-refractivity contribution in [2.75, 3.05) is 48.3 Å². The summed E-state index contributed by atoms with van der Waals surface area (Å²) in [7, 11) is 2.09. The van der Waals surface area contributed by atoms with Gasteiger partial charge in [0.2, 0.25) is 17.8 Å². The molecule has 1 aliphatic carbocycles. The number of anilines is 3. The monoisotopic (exact) mass is 290 g/mol. The Morgan fingerprint density at radius 2 is 1.90 bits per heavy atom. The maximum atomic E-state index is 4.70. The number of hydrogen-bond donors (Lipinski definition) is 1. The first kappa shape index (κ1) is 14.4. The third kappa shape index (κ3) is 3.36. The molecule has 1 saturated heterocycles. The van der Waals surface area contributed by atoms with Crippen LogP contribution in [0, 0.1) is 5.92 Å². The molecule has 0 aromatic carbocycles. The minimum Gasteiger partial charge on any atom is -0.354 e. The zero-order chi connectivity index (χ0) is 14.7. The van der Waals surface area contributed by atoms with Gasteiger partial charge in [-0.25, -0.2) is 0 Å². The van der Waals surface area contributed by atoms with E-state index in [1.165, 1.54) is 32.1 Å². The van der Waals surface area contributed by atoms with E-state index in [9.17, 15) is 0 Å². The zero-order valence-corrected chi connectivity index (χ0v) is 13.2. The third-order valence-corrected chi connectivity index (χ3v) is 4.43. The Labute approximate surface area is 127 Å². The van der Waals surface area contributed by atoms with Crippen LogP contribution in [0.1, 0.15) is 39.0 Å². The Bertz CT molecular complexity index is 467. The van der Waals surface area contributed by atoms with Crippen LogP contribution in [-0.2, 0) is 0 Å². The van der Waals surface area contributed by atoms with Gasteiger partial charge in [0.05, 0.1) is 0 Å². The Kier molecular flexibility index (Phi) is 4.41. The lowest BCUT2D eigenvalue weighted by Gasteiger charge is -2.30. The van der Waals surface area contributed by atoms with Gasteiger partial charge >= 0.3 is 0 Å². The highest BCUT2D eigenvalue weighted by atomic mass is 15.4. The molecule has 1 aromatic heterocycles. The largest absolute Gasteiger partial charge is 0.354 e. The summed E-state index contributed by atoms with van der Waals surface area (Å²) in [6.07, 6.45) is 6.52. The Morgan fingerprint density at radius 1 is 1.14 bits per heavy atom. The molecule has 0 unspecified atom stereocenters. The fraction of sp³-hybridized carbons (Fsp3) is 0.800. The third-order valence-electron chi connectivity index (χ3n) is 4.43. The van der Waals surface area contributed by atoms with E-state index in [1.807, 2.05) is 0 Å². The summed E-state index contributed by atoms with van der Waals surface area (Å²) in [5.74, 6) is 3.14. The van der Waals surface area contributed by atoms with Crippen molar-refractivity contribution in [2.45, 2.75) is 39.0 Å². The topological polar surface area (TPSA) is 57.2 Å². The maximum absolute atomic E-state index is 4.70. The van der Waals surface area contributed by atoms with E-state index in [-0.39, 0.29) is 0 Å². The molecule has 0 amide bonds. The van der Waals surface area contributed by atoms with Crippen molar-refractivity contribution < 1.29 is 0 Å². The van der Waals surface area contributed by atoms with Crippen LogP contribution in [0.5, 0.6) is 0 Å². The van der Waals surface area contributed by atoms with E-state index in [1.54, 1.807) is 0 Å². The highest BCUT2D eigenvalue weighted by molar-refractivity contribution is 5.45. The van der Waals surface area contributed by atoms with Gasteiger partial charge in [0.25, 0.3) is 0 Å². The van der Waals surface area contributed by atoms with Gasteiger partial charge in [0.15, 0.2) is 0 Å². The van der Waals surface area contributed by atoms with Crippen LogP contribution in [0.2, 0.25) is 0 Å². The molecule has 6 nitrogen and oxygen atoms in total. The smallest absolute Gasteiger partial charge is 0.231 e. The Morgan fingerprint density at radius 3 is 2.52 bits per heavy atom. The van der Waals surface area contributed by atoms with E-state index in [4.69, 9.17) is 4.98 Å². The molecule has 0 atom stereocenters. The Hall–Kier alpha value is -1.59. The molecule has 116 valence electrons. The predicted molar refractivity (Wildman–Crippen MR) is 86.0 cm³/mol. The van der Waals surface area contributed by atoms with Gasteiger partial charge in [-0.3, -0.25) is 0 Å². The normalized spacial score (nSPS) is 18.7. The average molecular weight is 290 g/mol. The van der Waals surface area contributed by atoms with Crippen LogP contribution in [0.15, 0.2) is 0 Å². The maximum Gasteiger partial charge on any atom is 0.231 e. The van der Waals surface area contributed by atoms with Crippen LogP contribution < -0.4 is 15.1 Å². The number of nitrogens with zero attached hydrogens (tertiary/aromatic N) is 5. The lowest BCUT2D eigenvalue weighted by molar-refractivity contribution is 0.320. The summed E-state index contributed by atoms with van der Waals surface area (Å²) in [6.45, 7) is 6.06. The van der Waals surface area contributed by atoms with Crippen LogP contribution in [0.4, 0.5) is 17.8 Å². The lowest BCUT2D eigenvalue weighted by Crippen LogP contribution is -2.31. The molecule has 3 rings (SSSR count). The second-order valence-corrected chi connectivity index (χ2v) is 6.16. The molecule has 0 spiro atoms. The summed E-state index contributed by atoms with van der Waals surface area (Å²) < 4.78 is 0. The number of nitrogens with one attached hydrogen (secondary N) is 1. The van der Waals surface area contributed by atoms with Gasteiger partial charge in [-0.15, -0.1) is 0 Å². The van der Waals surface area contributed by atoms with Crippen molar-refractivity contribution in [1.82, 2.24) is 15.0 Å². The van der Waals surface area contributed by atoms with Crippen LogP contribution in [0.25, 0.3) is 0 Å². The van der Waals surface area contributed by atoms with Crippen LogP contribution in [-0.4, -0.2) is 48.2 Å². The predicted octanol–water partition coefficient (Wildman–Crippen LogP) is 2.14. The molecule has 2 aliphatic rings. The summed E-state index contributed by atoms with van der Waals surface area (Å²) in [5, 5.41) is 3.23. The van der Waals surface area contributed by atoms with E-state index < -0.39 is 0 Å². The van der Waals surface area contributed by atoms with Crippen molar-refractivity contribution in [3.05, 3.63) is 0 Å². The van der Waals surface area contributed by atoms with E-state index in [0.717, 1.165) is 44.0 Å². The van der Waals surface area contributed by atoms with Crippen LogP contribution in [0.3, 0.4) is 0 Å². The molecular weight excluding hydrogens is 264 g/mol. The van der Waals surface area contributed by atoms with Crippen molar-refractivity contribution in [1.29, 1.82) is 0 Å². The fourth-order valence-corrected chi connectivity index (χ4v) is 2.96. The lowest BCUT2D eigenvalue weighted by atomic mass is 9.85. The first-order valence-corrected chi connectivity index (χ1v) is 8.22. The SMILES string of the molecule is CCNc1nc(N(C)CC2CCC2)nc(N2CCCC2)n1. The van der Waals surface area contributed by atoms with E-state index in [2.05, 4.69) is 39.1 Å². The molecule has 6 heteroatoms. The van der Waals surface area contributed by atoms with Crippen molar-refractivity contribution in [2.24, 2.45) is 5.92 Å². The quantitative estimate of drug-likeness (QED) is 0.866. The zero-order valence-electron chi connectivity index (χ0n) is 13.2. The molecule has 1 aromatic rings. The van der Waals surface area contributed by atoms with Gasteiger partial charge in [0, 0.05) is 33.2 Å². The van der Waals surface area contributed by atoms with Gasteiger partial charge in [-0.1, -0.05) is 6.42 Å². The molecule has 0 bridgehead atoms. The van der Waals surface area contributed by atoms with Crippen molar-refractivity contribution in [3.8, 4) is 0 Å². The van der Waals surface area contributed by atoms with E-state index in [0.29, 0.717) is 5.95 Å². The first-order chi connectivity index (χ1) is 10.3. The van der Waals surface area contributed by atoms with Crippen molar-refractivity contribution in [3.63, 3.8) is 0 Å². The molecule has 0 radical (unpaired) electrons. The van der Waals surface area contributed by atoms with Gasteiger partial charge in [-0.05, 0) is 38.5 Å². The molecule has 21 heavy (non-hydrogen) atoms. The highest BCUT2D eigenvalue weighted by Crippen LogP contribution is 2.28.